The Balaban J connectivity index is 1.86. The van der Waals surface area contributed by atoms with Gasteiger partial charge in [-0.15, -0.1) is 0 Å². The molecule has 1 heterocycles. The molecule has 4 rings (SSSR count). The highest BCUT2D eigenvalue weighted by atomic mass is 35.5. The molecule has 0 aliphatic carbocycles. The van der Waals surface area contributed by atoms with Gasteiger partial charge >= 0.3 is 0 Å². The Morgan fingerprint density at radius 1 is 0.897 bits per heavy atom. The molecule has 3 aromatic rings. The Labute approximate surface area is 170 Å². The number of hydrogen-bond acceptors (Lipinski definition) is 2. The van der Waals surface area contributed by atoms with Gasteiger partial charge in [0.15, 0.2) is 23.3 Å². The van der Waals surface area contributed by atoms with Gasteiger partial charge < -0.3 is 0 Å². The minimum absolute atomic E-state index is 0.187. The molecular formula is C22H15ClF4N2. The van der Waals surface area contributed by atoms with Crippen molar-refractivity contribution in [1.82, 2.24) is 0 Å². The Hall–Kier alpha value is -2.86. The van der Waals surface area contributed by atoms with E-state index in [1.54, 1.807) is 24.3 Å². The maximum absolute atomic E-state index is 14.5. The van der Waals surface area contributed by atoms with Gasteiger partial charge in [-0.25, -0.2) is 17.6 Å². The molecule has 0 saturated carbocycles. The molecule has 29 heavy (non-hydrogen) atoms. The van der Waals surface area contributed by atoms with Gasteiger partial charge in [-0.3, -0.25) is 5.01 Å². The quantitative estimate of drug-likeness (QED) is 0.347. The van der Waals surface area contributed by atoms with Crippen LogP contribution in [0.1, 0.15) is 29.2 Å². The molecule has 1 aliphatic heterocycles. The van der Waals surface area contributed by atoms with E-state index in [1.807, 2.05) is 31.2 Å². The number of hydrazone groups is 1. The summed E-state index contributed by atoms with van der Waals surface area (Å²) in [5, 5.41) is 5.85. The van der Waals surface area contributed by atoms with Crippen molar-refractivity contribution in [2.75, 3.05) is 5.01 Å². The topological polar surface area (TPSA) is 15.6 Å². The summed E-state index contributed by atoms with van der Waals surface area (Å²) in [5.41, 5.74) is 2.15. The van der Waals surface area contributed by atoms with Gasteiger partial charge in [0.1, 0.15) is 5.69 Å². The second-order valence-corrected chi connectivity index (χ2v) is 7.28. The normalized spacial score (nSPS) is 16.3. The van der Waals surface area contributed by atoms with Crippen LogP contribution >= 0.6 is 11.6 Å². The van der Waals surface area contributed by atoms with Crippen molar-refractivity contribution >= 4 is 23.0 Å². The molecule has 0 saturated heterocycles. The Morgan fingerprint density at radius 3 is 2.07 bits per heavy atom. The zero-order valence-corrected chi connectivity index (χ0v) is 16.0. The van der Waals surface area contributed by atoms with E-state index in [0.29, 0.717) is 22.7 Å². The molecular weight excluding hydrogens is 404 g/mol. The van der Waals surface area contributed by atoms with Crippen molar-refractivity contribution in [3.8, 4) is 0 Å². The van der Waals surface area contributed by atoms with Crippen molar-refractivity contribution in [2.24, 2.45) is 5.10 Å². The molecule has 0 aromatic heterocycles. The highest BCUT2D eigenvalue weighted by Gasteiger charge is 2.35. The van der Waals surface area contributed by atoms with Crippen LogP contribution in [0.2, 0.25) is 5.02 Å². The molecule has 1 unspecified atom stereocenters. The first-order valence-electron chi connectivity index (χ1n) is 8.87. The molecule has 0 bridgehead atoms. The van der Waals surface area contributed by atoms with Crippen LogP contribution in [-0.2, 0) is 0 Å². The molecule has 0 amide bonds. The van der Waals surface area contributed by atoms with Crippen LogP contribution in [0.3, 0.4) is 0 Å². The summed E-state index contributed by atoms with van der Waals surface area (Å²) in [6, 6.07) is 13.7. The maximum atomic E-state index is 14.5. The predicted octanol–water partition coefficient (Wildman–Crippen LogP) is 6.56. The van der Waals surface area contributed by atoms with Crippen LogP contribution in [0.15, 0.2) is 59.7 Å². The fraction of sp³-hybridized carbons (Fsp3) is 0.136. The number of benzene rings is 3. The predicted molar refractivity (Wildman–Crippen MR) is 105 cm³/mol. The zero-order chi connectivity index (χ0) is 20.7. The van der Waals surface area contributed by atoms with Crippen molar-refractivity contribution in [3.63, 3.8) is 0 Å². The molecule has 0 spiro atoms. The SMILES string of the molecule is Cc1ccc(C2=NN(c3c(F)c(F)cc(F)c3F)C(c3ccc(Cl)cc3)C2)cc1. The Bertz CT molecular complexity index is 1070. The Morgan fingerprint density at radius 2 is 1.48 bits per heavy atom. The van der Waals surface area contributed by atoms with Crippen molar-refractivity contribution < 1.29 is 17.6 Å². The van der Waals surface area contributed by atoms with E-state index >= 15 is 0 Å². The fourth-order valence-electron chi connectivity index (χ4n) is 3.34. The third kappa shape index (κ3) is 3.60. The summed E-state index contributed by atoms with van der Waals surface area (Å²) >= 11 is 5.94. The summed E-state index contributed by atoms with van der Waals surface area (Å²) in [6.45, 7) is 1.93. The maximum Gasteiger partial charge on any atom is 0.187 e. The first kappa shape index (κ1) is 19.5. The average molecular weight is 419 g/mol. The standard InChI is InChI=1S/C22H15ClF4N2/c1-12-2-4-13(5-3-12)18-11-19(14-6-8-15(23)9-7-14)29(28-18)22-20(26)16(24)10-17(25)21(22)27/h2-10,19H,11H2,1H3. The molecule has 1 aliphatic rings. The van der Waals surface area contributed by atoms with Crippen LogP contribution in [0.5, 0.6) is 0 Å². The van der Waals surface area contributed by atoms with Crippen LogP contribution in [-0.4, -0.2) is 5.71 Å². The van der Waals surface area contributed by atoms with Gasteiger partial charge in [0, 0.05) is 17.5 Å². The second kappa shape index (κ2) is 7.52. The first-order chi connectivity index (χ1) is 13.8. The lowest BCUT2D eigenvalue weighted by atomic mass is 9.97. The van der Waals surface area contributed by atoms with Crippen LogP contribution in [0, 0.1) is 30.2 Å². The van der Waals surface area contributed by atoms with Gasteiger partial charge in [-0.2, -0.15) is 5.10 Å². The smallest absolute Gasteiger partial charge is 0.187 e. The Kier molecular flexibility index (Phi) is 5.04. The molecule has 0 N–H and O–H groups in total. The number of halogens is 5. The van der Waals surface area contributed by atoms with E-state index < -0.39 is 35.0 Å². The van der Waals surface area contributed by atoms with E-state index in [0.717, 1.165) is 16.1 Å². The fourth-order valence-corrected chi connectivity index (χ4v) is 3.47. The number of anilines is 1. The highest BCUT2D eigenvalue weighted by molar-refractivity contribution is 6.30. The van der Waals surface area contributed by atoms with E-state index in [9.17, 15) is 17.6 Å². The lowest BCUT2D eigenvalue weighted by molar-refractivity contribution is 0.448. The summed E-state index contributed by atoms with van der Waals surface area (Å²) in [7, 11) is 0. The zero-order valence-electron chi connectivity index (χ0n) is 15.3. The van der Waals surface area contributed by atoms with E-state index in [1.165, 1.54) is 0 Å². The summed E-state index contributed by atoms with van der Waals surface area (Å²) in [5.74, 6) is -5.94. The molecule has 148 valence electrons. The van der Waals surface area contributed by atoms with Crippen LogP contribution in [0.25, 0.3) is 0 Å². The van der Waals surface area contributed by atoms with Crippen molar-refractivity contribution in [2.45, 2.75) is 19.4 Å². The summed E-state index contributed by atoms with van der Waals surface area (Å²) in [6.07, 6.45) is 0.293. The van der Waals surface area contributed by atoms with Gasteiger partial charge in [0.25, 0.3) is 0 Å². The molecule has 1 atom stereocenters. The van der Waals surface area contributed by atoms with E-state index in [2.05, 4.69) is 5.10 Å². The van der Waals surface area contributed by atoms with Gasteiger partial charge in [0.05, 0.1) is 11.8 Å². The monoisotopic (exact) mass is 418 g/mol. The molecule has 3 aromatic carbocycles. The van der Waals surface area contributed by atoms with Gasteiger partial charge in [-0.1, -0.05) is 53.6 Å². The van der Waals surface area contributed by atoms with Crippen LogP contribution in [0.4, 0.5) is 23.2 Å². The molecule has 2 nitrogen and oxygen atoms in total. The van der Waals surface area contributed by atoms with Crippen molar-refractivity contribution in [3.05, 3.63) is 99.6 Å². The number of hydrogen-bond donors (Lipinski definition) is 0. The first-order valence-corrected chi connectivity index (χ1v) is 9.25. The largest absolute Gasteiger partial charge is 0.251 e. The van der Waals surface area contributed by atoms with Gasteiger partial charge in [-0.05, 0) is 30.2 Å². The lowest BCUT2D eigenvalue weighted by Crippen LogP contribution is -2.22. The van der Waals surface area contributed by atoms with E-state index in [4.69, 9.17) is 11.6 Å². The summed E-state index contributed by atoms with van der Waals surface area (Å²) < 4.78 is 56.7. The van der Waals surface area contributed by atoms with Gasteiger partial charge in [0.2, 0.25) is 0 Å². The molecule has 7 heteroatoms. The van der Waals surface area contributed by atoms with E-state index in [-0.39, 0.29) is 6.07 Å². The third-order valence-electron chi connectivity index (χ3n) is 4.87. The number of nitrogens with zero attached hydrogens (tertiary/aromatic N) is 2. The molecule has 0 fully saturated rings. The minimum Gasteiger partial charge on any atom is -0.251 e. The van der Waals surface area contributed by atoms with Crippen LogP contribution < -0.4 is 5.01 Å². The summed E-state index contributed by atoms with van der Waals surface area (Å²) in [4.78, 5) is 0. The molecule has 0 radical (unpaired) electrons. The van der Waals surface area contributed by atoms with Crippen molar-refractivity contribution in [1.29, 1.82) is 0 Å². The number of aryl methyl sites for hydroxylation is 1. The lowest BCUT2D eigenvalue weighted by Gasteiger charge is -2.25. The third-order valence-corrected chi connectivity index (χ3v) is 5.12. The minimum atomic E-state index is -1.49. The highest BCUT2D eigenvalue weighted by Crippen LogP contribution is 2.40. The second-order valence-electron chi connectivity index (χ2n) is 6.85. The average Bonchev–Trinajstić information content (AvgIpc) is 3.13. The number of rotatable bonds is 3.